The van der Waals surface area contributed by atoms with Gasteiger partial charge in [0.15, 0.2) is 11.7 Å². The third-order valence-corrected chi connectivity index (χ3v) is 3.73. The second-order valence-electron chi connectivity index (χ2n) is 6.06. The van der Waals surface area contributed by atoms with Crippen LogP contribution >= 0.6 is 12.2 Å². The number of carbonyl (C=O) groups excluding carboxylic acids is 1. The first-order valence-electron chi connectivity index (χ1n) is 7.97. The molecule has 0 unspecified atom stereocenters. The number of anilines is 1. The highest BCUT2D eigenvalue weighted by Crippen LogP contribution is 2.16. The molecule has 6 heteroatoms. The fourth-order valence-corrected chi connectivity index (χ4v) is 2.51. The Balaban J connectivity index is 1.79. The number of nitrogens with one attached hydrogen (secondary N) is 3. The summed E-state index contributed by atoms with van der Waals surface area (Å²) in [6.07, 6.45) is 0. The molecule has 2 aromatic rings. The van der Waals surface area contributed by atoms with E-state index in [-0.39, 0.29) is 12.5 Å². The predicted molar refractivity (Wildman–Crippen MR) is 105 cm³/mol. The van der Waals surface area contributed by atoms with E-state index in [2.05, 4.69) is 16.2 Å². The van der Waals surface area contributed by atoms with Crippen molar-refractivity contribution in [3.8, 4) is 5.75 Å². The van der Waals surface area contributed by atoms with Crippen LogP contribution in [-0.2, 0) is 4.79 Å². The summed E-state index contributed by atoms with van der Waals surface area (Å²) in [5.74, 6) is 0.355. The van der Waals surface area contributed by atoms with E-state index in [9.17, 15) is 4.79 Å². The van der Waals surface area contributed by atoms with E-state index in [0.29, 0.717) is 10.9 Å². The lowest BCUT2D eigenvalue weighted by molar-refractivity contribution is -0.123. The Morgan fingerprint density at radius 2 is 1.64 bits per heavy atom. The van der Waals surface area contributed by atoms with Gasteiger partial charge in [0.05, 0.1) is 0 Å². The van der Waals surface area contributed by atoms with Crippen LogP contribution in [0.15, 0.2) is 36.4 Å². The van der Waals surface area contributed by atoms with Crippen molar-refractivity contribution in [2.45, 2.75) is 27.7 Å². The van der Waals surface area contributed by atoms with Crippen LogP contribution in [0.2, 0.25) is 0 Å². The number of thiocarbonyl (C=S) groups is 1. The number of benzene rings is 2. The number of hydrazine groups is 1. The van der Waals surface area contributed by atoms with Crippen molar-refractivity contribution in [1.29, 1.82) is 0 Å². The summed E-state index contributed by atoms with van der Waals surface area (Å²) < 4.78 is 5.50. The van der Waals surface area contributed by atoms with Crippen LogP contribution in [0.5, 0.6) is 5.75 Å². The molecule has 0 atom stereocenters. The van der Waals surface area contributed by atoms with Gasteiger partial charge in [0.1, 0.15) is 5.75 Å². The van der Waals surface area contributed by atoms with Crippen molar-refractivity contribution in [3.63, 3.8) is 0 Å². The maximum atomic E-state index is 11.9. The molecule has 0 saturated heterocycles. The Bertz CT molecular complexity index is 770. The van der Waals surface area contributed by atoms with Crippen molar-refractivity contribution in [1.82, 2.24) is 10.9 Å². The van der Waals surface area contributed by atoms with Gasteiger partial charge in [-0.05, 0) is 80.4 Å². The molecule has 5 nitrogen and oxygen atoms in total. The Morgan fingerprint density at radius 3 is 2.32 bits per heavy atom. The number of rotatable bonds is 4. The molecule has 0 fully saturated rings. The smallest absolute Gasteiger partial charge is 0.276 e. The normalized spacial score (nSPS) is 10.1. The molecule has 0 aliphatic carbocycles. The zero-order valence-electron chi connectivity index (χ0n) is 14.9. The van der Waals surface area contributed by atoms with Gasteiger partial charge in [0.25, 0.3) is 5.91 Å². The zero-order valence-corrected chi connectivity index (χ0v) is 15.7. The van der Waals surface area contributed by atoms with Gasteiger partial charge in [-0.3, -0.25) is 15.6 Å². The monoisotopic (exact) mass is 357 g/mol. The van der Waals surface area contributed by atoms with Crippen molar-refractivity contribution < 1.29 is 9.53 Å². The van der Waals surface area contributed by atoms with Crippen molar-refractivity contribution in [2.24, 2.45) is 0 Å². The van der Waals surface area contributed by atoms with Gasteiger partial charge in [-0.1, -0.05) is 18.2 Å². The molecule has 0 aliphatic rings. The fourth-order valence-electron chi connectivity index (χ4n) is 2.35. The maximum absolute atomic E-state index is 11.9. The third kappa shape index (κ3) is 6.08. The topological polar surface area (TPSA) is 62.4 Å². The van der Waals surface area contributed by atoms with Crippen LogP contribution in [0.25, 0.3) is 0 Å². The van der Waals surface area contributed by atoms with Crippen molar-refractivity contribution in [2.75, 3.05) is 11.9 Å². The van der Waals surface area contributed by atoms with Gasteiger partial charge in [-0.15, -0.1) is 0 Å². The fraction of sp³-hybridized carbons (Fsp3) is 0.263. The molecule has 0 aromatic heterocycles. The summed E-state index contributed by atoms with van der Waals surface area (Å²) in [7, 11) is 0. The van der Waals surface area contributed by atoms with Gasteiger partial charge in [-0.25, -0.2) is 0 Å². The second kappa shape index (κ2) is 8.48. The SMILES string of the molecule is Cc1cc(C)cc(OCC(=O)NNC(=S)Nc2cc(C)ccc2C)c1. The highest BCUT2D eigenvalue weighted by Gasteiger charge is 2.06. The molecule has 3 N–H and O–H groups in total. The average molecular weight is 357 g/mol. The molecule has 0 aliphatic heterocycles. The van der Waals surface area contributed by atoms with Gasteiger partial charge in [0, 0.05) is 5.69 Å². The van der Waals surface area contributed by atoms with Crippen molar-refractivity contribution >= 4 is 28.9 Å². The van der Waals surface area contributed by atoms with E-state index in [0.717, 1.165) is 27.9 Å². The summed E-state index contributed by atoms with van der Waals surface area (Å²) in [4.78, 5) is 11.9. The Morgan fingerprint density at radius 1 is 0.960 bits per heavy atom. The molecule has 25 heavy (non-hydrogen) atoms. The number of hydrogen-bond donors (Lipinski definition) is 3. The largest absolute Gasteiger partial charge is 0.484 e. The minimum Gasteiger partial charge on any atom is -0.484 e. The Labute approximate surface area is 153 Å². The molecule has 0 saturated carbocycles. The molecule has 0 bridgehead atoms. The molecule has 2 rings (SSSR count). The summed E-state index contributed by atoms with van der Waals surface area (Å²) >= 11 is 5.19. The van der Waals surface area contributed by atoms with Crippen molar-refractivity contribution in [3.05, 3.63) is 58.7 Å². The number of aryl methyl sites for hydroxylation is 4. The summed E-state index contributed by atoms with van der Waals surface area (Å²) in [6, 6.07) is 11.9. The van der Waals surface area contributed by atoms with E-state index >= 15 is 0 Å². The zero-order chi connectivity index (χ0) is 18.4. The van der Waals surface area contributed by atoms with E-state index in [1.165, 1.54) is 0 Å². The van der Waals surface area contributed by atoms with Gasteiger partial charge in [-0.2, -0.15) is 0 Å². The molecule has 0 spiro atoms. The standard InChI is InChI=1S/C19H23N3O2S/c1-12-5-6-15(4)17(10-12)20-19(25)22-21-18(23)11-24-16-8-13(2)7-14(3)9-16/h5-10H,11H2,1-4H3,(H,21,23)(H2,20,22,25). The molecular weight excluding hydrogens is 334 g/mol. The number of ether oxygens (including phenoxy) is 1. The second-order valence-corrected chi connectivity index (χ2v) is 6.47. The van der Waals surface area contributed by atoms with Crippen LogP contribution in [0.3, 0.4) is 0 Å². The van der Waals surface area contributed by atoms with E-state index in [4.69, 9.17) is 17.0 Å². The quantitative estimate of drug-likeness (QED) is 0.579. The number of amides is 1. The third-order valence-electron chi connectivity index (χ3n) is 3.52. The molecule has 2 aromatic carbocycles. The lowest BCUT2D eigenvalue weighted by atomic mass is 10.1. The van der Waals surface area contributed by atoms with E-state index in [1.54, 1.807) is 0 Å². The highest BCUT2D eigenvalue weighted by atomic mass is 32.1. The first-order valence-corrected chi connectivity index (χ1v) is 8.38. The van der Waals surface area contributed by atoms with Crippen LogP contribution in [0.4, 0.5) is 5.69 Å². The van der Waals surface area contributed by atoms with Crippen LogP contribution in [0.1, 0.15) is 22.3 Å². The first kappa shape index (κ1) is 18.7. The molecule has 0 heterocycles. The molecule has 0 radical (unpaired) electrons. The number of carbonyl (C=O) groups is 1. The van der Waals surface area contributed by atoms with E-state index < -0.39 is 0 Å². The van der Waals surface area contributed by atoms with Crippen LogP contribution in [-0.4, -0.2) is 17.6 Å². The summed E-state index contributed by atoms with van der Waals surface area (Å²) in [5, 5.41) is 3.37. The maximum Gasteiger partial charge on any atom is 0.276 e. The van der Waals surface area contributed by atoms with Gasteiger partial charge >= 0.3 is 0 Å². The minimum absolute atomic E-state index is 0.0953. The molecule has 132 valence electrons. The summed E-state index contributed by atoms with van der Waals surface area (Å²) in [6.45, 7) is 7.87. The highest BCUT2D eigenvalue weighted by molar-refractivity contribution is 7.80. The molecule has 1 amide bonds. The first-order chi connectivity index (χ1) is 11.8. The average Bonchev–Trinajstić information content (AvgIpc) is 2.53. The molecular formula is C19H23N3O2S. The minimum atomic E-state index is -0.315. The van der Waals surface area contributed by atoms with Gasteiger partial charge in [0.2, 0.25) is 0 Å². The lowest BCUT2D eigenvalue weighted by Crippen LogP contribution is -2.45. The predicted octanol–water partition coefficient (Wildman–Crippen LogP) is 3.32. The van der Waals surface area contributed by atoms with E-state index in [1.807, 2.05) is 64.1 Å². The van der Waals surface area contributed by atoms with Crippen LogP contribution < -0.4 is 20.9 Å². The van der Waals surface area contributed by atoms with Crippen LogP contribution in [0, 0.1) is 27.7 Å². The number of hydrogen-bond acceptors (Lipinski definition) is 3. The Kier molecular flexibility index (Phi) is 6.36. The summed E-state index contributed by atoms with van der Waals surface area (Å²) in [5.41, 5.74) is 10.5. The van der Waals surface area contributed by atoms with Gasteiger partial charge < -0.3 is 10.1 Å². The lowest BCUT2D eigenvalue weighted by Gasteiger charge is -2.14. The Hall–Kier alpha value is -2.60.